The van der Waals surface area contributed by atoms with Gasteiger partial charge in [-0.2, -0.15) is 0 Å². The van der Waals surface area contributed by atoms with Gasteiger partial charge in [-0.15, -0.1) is 0 Å². The zero-order valence-corrected chi connectivity index (χ0v) is 18.6. The Bertz CT molecular complexity index is 847. The van der Waals surface area contributed by atoms with Crippen molar-refractivity contribution >= 4 is 11.8 Å². The molecule has 0 bridgehead atoms. The summed E-state index contributed by atoms with van der Waals surface area (Å²) >= 11 is 0. The van der Waals surface area contributed by atoms with Crippen LogP contribution in [0.15, 0.2) is 42.5 Å². The molecule has 0 aliphatic carbocycles. The van der Waals surface area contributed by atoms with Gasteiger partial charge in [0.25, 0.3) is 11.8 Å². The monoisotopic (exact) mass is 412 g/mol. The van der Waals surface area contributed by atoms with Crippen molar-refractivity contribution in [3.63, 3.8) is 0 Å². The molecule has 0 atom stereocenters. The number of amides is 2. The zero-order valence-electron chi connectivity index (χ0n) is 18.6. The molecule has 0 saturated carbocycles. The lowest BCUT2D eigenvalue weighted by Gasteiger charge is -2.22. The topological polar surface area (TPSA) is 59.1 Å². The predicted octanol–water partition coefficient (Wildman–Crippen LogP) is 4.24. The van der Waals surface area contributed by atoms with Crippen LogP contribution in [0, 0.1) is 0 Å². The number of hydrogen-bond acceptors (Lipinski definition) is 4. The second-order valence-corrected chi connectivity index (χ2v) is 7.16. The largest absolute Gasteiger partial charge is 0.490 e. The molecular weight excluding hydrogens is 380 g/mol. The minimum atomic E-state index is -0.0751. The molecule has 0 aliphatic heterocycles. The molecule has 6 heteroatoms. The molecule has 0 saturated heterocycles. The number of nitrogens with zero attached hydrogens (tertiary/aromatic N) is 2. The van der Waals surface area contributed by atoms with Crippen LogP contribution < -0.4 is 9.47 Å². The van der Waals surface area contributed by atoms with Gasteiger partial charge in [-0.3, -0.25) is 9.59 Å². The fourth-order valence-corrected chi connectivity index (χ4v) is 2.98. The Morgan fingerprint density at radius 1 is 0.833 bits per heavy atom. The lowest BCUT2D eigenvalue weighted by molar-refractivity contribution is 0.0750. The fraction of sp³-hybridized carbons (Fsp3) is 0.417. The highest BCUT2D eigenvalue weighted by molar-refractivity contribution is 5.95. The SMILES string of the molecule is CCCOc1ccc(C(=O)N(CC)Cc2ccc(C(=O)N(C)C)cc2)cc1OCC. The molecule has 0 N–H and O–H groups in total. The van der Waals surface area contributed by atoms with Gasteiger partial charge in [0.15, 0.2) is 11.5 Å². The molecule has 30 heavy (non-hydrogen) atoms. The summed E-state index contributed by atoms with van der Waals surface area (Å²) in [4.78, 5) is 28.4. The molecule has 0 aromatic heterocycles. The van der Waals surface area contributed by atoms with Crippen LogP contribution in [0.2, 0.25) is 0 Å². The van der Waals surface area contributed by atoms with Gasteiger partial charge in [-0.1, -0.05) is 19.1 Å². The molecule has 2 aromatic rings. The fourth-order valence-electron chi connectivity index (χ4n) is 2.98. The summed E-state index contributed by atoms with van der Waals surface area (Å²) in [6.45, 7) is 8.01. The lowest BCUT2D eigenvalue weighted by atomic mass is 10.1. The van der Waals surface area contributed by atoms with Crippen molar-refractivity contribution in [2.75, 3.05) is 33.9 Å². The Labute approximate surface area is 179 Å². The maximum atomic E-state index is 13.1. The van der Waals surface area contributed by atoms with E-state index in [1.807, 2.05) is 32.9 Å². The Balaban J connectivity index is 2.17. The molecule has 6 nitrogen and oxygen atoms in total. The summed E-state index contributed by atoms with van der Waals surface area (Å²) in [5.41, 5.74) is 2.15. The summed E-state index contributed by atoms with van der Waals surface area (Å²) in [6.07, 6.45) is 0.898. The van der Waals surface area contributed by atoms with Gasteiger partial charge in [0.1, 0.15) is 0 Å². The third-order valence-corrected chi connectivity index (χ3v) is 4.60. The van der Waals surface area contributed by atoms with E-state index in [2.05, 4.69) is 0 Å². The van der Waals surface area contributed by atoms with E-state index in [-0.39, 0.29) is 11.8 Å². The quantitative estimate of drug-likeness (QED) is 0.586. The van der Waals surface area contributed by atoms with Crippen molar-refractivity contribution in [3.8, 4) is 11.5 Å². The molecule has 0 spiro atoms. The molecule has 2 amide bonds. The Morgan fingerprint density at radius 3 is 2.07 bits per heavy atom. The number of carbonyl (C=O) groups excluding carboxylic acids is 2. The first-order valence-electron chi connectivity index (χ1n) is 10.4. The first-order valence-corrected chi connectivity index (χ1v) is 10.4. The Hall–Kier alpha value is -3.02. The van der Waals surface area contributed by atoms with Gasteiger partial charge in [-0.25, -0.2) is 0 Å². The van der Waals surface area contributed by atoms with E-state index in [9.17, 15) is 9.59 Å². The van der Waals surface area contributed by atoms with E-state index in [1.54, 1.807) is 54.2 Å². The molecule has 0 radical (unpaired) electrons. The first-order chi connectivity index (χ1) is 14.4. The standard InChI is InChI=1S/C24H32N2O4/c1-6-15-30-21-14-13-20(16-22(21)29-8-3)24(28)26(7-2)17-18-9-11-19(12-10-18)23(27)25(4)5/h9-14,16H,6-8,15,17H2,1-5H3. The van der Waals surface area contributed by atoms with E-state index in [0.29, 0.717) is 48.9 Å². The maximum Gasteiger partial charge on any atom is 0.254 e. The average Bonchev–Trinajstić information content (AvgIpc) is 2.76. The molecule has 162 valence electrons. The summed E-state index contributed by atoms with van der Waals surface area (Å²) in [5.74, 6) is 1.12. The molecule has 0 fully saturated rings. The van der Waals surface area contributed by atoms with Gasteiger partial charge in [0.05, 0.1) is 13.2 Å². The minimum absolute atomic E-state index is 0.0428. The Morgan fingerprint density at radius 2 is 1.50 bits per heavy atom. The van der Waals surface area contributed by atoms with Crippen LogP contribution in [0.25, 0.3) is 0 Å². The van der Waals surface area contributed by atoms with Gasteiger partial charge < -0.3 is 19.3 Å². The van der Waals surface area contributed by atoms with Crippen LogP contribution in [0.3, 0.4) is 0 Å². The van der Waals surface area contributed by atoms with Gasteiger partial charge in [0, 0.05) is 38.3 Å². The number of carbonyl (C=O) groups is 2. The molecule has 0 heterocycles. The predicted molar refractivity (Wildman–Crippen MR) is 118 cm³/mol. The van der Waals surface area contributed by atoms with Gasteiger partial charge in [0.2, 0.25) is 0 Å². The van der Waals surface area contributed by atoms with Crippen molar-refractivity contribution in [1.82, 2.24) is 9.80 Å². The molecule has 0 unspecified atom stereocenters. The molecule has 2 rings (SSSR count). The van der Waals surface area contributed by atoms with Crippen LogP contribution in [-0.2, 0) is 6.54 Å². The number of benzene rings is 2. The van der Waals surface area contributed by atoms with Gasteiger partial charge >= 0.3 is 0 Å². The summed E-state index contributed by atoms with van der Waals surface area (Å²) in [6, 6.07) is 12.7. The second kappa shape index (κ2) is 11.2. The number of hydrogen-bond donors (Lipinski definition) is 0. The van der Waals surface area contributed by atoms with E-state index in [0.717, 1.165) is 12.0 Å². The average molecular weight is 413 g/mol. The van der Waals surface area contributed by atoms with Crippen molar-refractivity contribution in [3.05, 3.63) is 59.2 Å². The summed E-state index contributed by atoms with van der Waals surface area (Å²) in [5, 5.41) is 0. The van der Waals surface area contributed by atoms with E-state index in [4.69, 9.17) is 9.47 Å². The van der Waals surface area contributed by atoms with Crippen LogP contribution in [0.5, 0.6) is 11.5 Å². The highest BCUT2D eigenvalue weighted by atomic mass is 16.5. The van der Waals surface area contributed by atoms with Gasteiger partial charge in [-0.05, 0) is 56.2 Å². The first kappa shape index (κ1) is 23.3. The van der Waals surface area contributed by atoms with Crippen LogP contribution >= 0.6 is 0 Å². The van der Waals surface area contributed by atoms with E-state index < -0.39 is 0 Å². The van der Waals surface area contributed by atoms with E-state index in [1.165, 1.54) is 0 Å². The maximum absolute atomic E-state index is 13.1. The second-order valence-electron chi connectivity index (χ2n) is 7.16. The van der Waals surface area contributed by atoms with Crippen LogP contribution in [0.1, 0.15) is 53.5 Å². The molecule has 2 aromatic carbocycles. The third-order valence-electron chi connectivity index (χ3n) is 4.60. The lowest BCUT2D eigenvalue weighted by Crippen LogP contribution is -2.30. The summed E-state index contributed by atoms with van der Waals surface area (Å²) < 4.78 is 11.4. The van der Waals surface area contributed by atoms with Crippen LogP contribution in [-0.4, -0.2) is 55.5 Å². The highest BCUT2D eigenvalue weighted by Crippen LogP contribution is 2.29. The zero-order chi connectivity index (χ0) is 22.1. The smallest absolute Gasteiger partial charge is 0.254 e. The van der Waals surface area contributed by atoms with E-state index >= 15 is 0 Å². The Kier molecular flexibility index (Phi) is 8.71. The summed E-state index contributed by atoms with van der Waals surface area (Å²) in [7, 11) is 3.45. The van der Waals surface area contributed by atoms with Crippen molar-refractivity contribution < 1.29 is 19.1 Å². The number of rotatable bonds is 10. The van der Waals surface area contributed by atoms with Crippen molar-refractivity contribution in [2.45, 2.75) is 33.7 Å². The third kappa shape index (κ3) is 5.99. The molecular formula is C24H32N2O4. The van der Waals surface area contributed by atoms with Crippen molar-refractivity contribution in [2.24, 2.45) is 0 Å². The highest BCUT2D eigenvalue weighted by Gasteiger charge is 2.18. The van der Waals surface area contributed by atoms with Crippen molar-refractivity contribution in [1.29, 1.82) is 0 Å². The van der Waals surface area contributed by atoms with Crippen LogP contribution in [0.4, 0.5) is 0 Å². The normalized spacial score (nSPS) is 10.4. The molecule has 0 aliphatic rings. The number of ether oxygens (including phenoxy) is 2. The minimum Gasteiger partial charge on any atom is -0.490 e.